The maximum Gasteiger partial charge on any atom is 0.275 e. The first-order valence-electron chi connectivity index (χ1n) is 8.82. The van der Waals surface area contributed by atoms with Crippen LogP contribution in [-0.4, -0.2) is 39.0 Å². The average Bonchev–Trinajstić information content (AvgIpc) is 3.12. The van der Waals surface area contributed by atoms with E-state index in [1.54, 1.807) is 11.9 Å². The molecule has 1 amide bonds. The molecule has 2 unspecified atom stereocenters. The summed E-state index contributed by atoms with van der Waals surface area (Å²) in [7, 11) is 1.72. The lowest BCUT2D eigenvalue weighted by Crippen LogP contribution is -2.35. The van der Waals surface area contributed by atoms with E-state index in [0.717, 1.165) is 37.8 Å². The van der Waals surface area contributed by atoms with Gasteiger partial charge in [0.2, 0.25) is 5.91 Å². The Bertz CT molecular complexity index is 674. The molecule has 0 aromatic heterocycles. The number of rotatable bonds is 7. The topological polar surface area (TPSA) is 104 Å². The van der Waals surface area contributed by atoms with E-state index in [1.165, 1.54) is 6.92 Å². The number of nitro groups is 1. The van der Waals surface area contributed by atoms with Gasteiger partial charge in [0.05, 0.1) is 22.7 Å². The van der Waals surface area contributed by atoms with Crippen LogP contribution in [0.5, 0.6) is 0 Å². The number of aliphatic hydroxyl groups excluding tert-OH is 2. The first-order valence-corrected chi connectivity index (χ1v) is 8.82. The highest BCUT2D eigenvalue weighted by molar-refractivity contribution is 5.76. The van der Waals surface area contributed by atoms with Gasteiger partial charge in [0, 0.05) is 31.1 Å². The van der Waals surface area contributed by atoms with Gasteiger partial charge in [-0.15, -0.1) is 0 Å². The highest BCUT2D eigenvalue weighted by atomic mass is 19.1. The van der Waals surface area contributed by atoms with Gasteiger partial charge in [-0.3, -0.25) is 14.9 Å². The van der Waals surface area contributed by atoms with Gasteiger partial charge in [-0.05, 0) is 32.3 Å². The number of aliphatic hydroxyl groups is 2. The number of hydrogen-bond acceptors (Lipinski definition) is 5. The van der Waals surface area contributed by atoms with Crippen molar-refractivity contribution in [2.75, 3.05) is 7.05 Å². The van der Waals surface area contributed by atoms with Crippen LogP contribution in [-0.2, 0) is 4.79 Å². The van der Waals surface area contributed by atoms with E-state index in [2.05, 4.69) is 0 Å². The van der Waals surface area contributed by atoms with Crippen molar-refractivity contribution in [2.24, 2.45) is 0 Å². The first kappa shape index (κ1) is 20.3. The monoisotopic (exact) mass is 368 g/mol. The molecule has 2 rings (SSSR count). The summed E-state index contributed by atoms with van der Waals surface area (Å²) in [6, 6.07) is 2.06. The maximum absolute atomic E-state index is 14.2. The minimum Gasteiger partial charge on any atom is -0.388 e. The summed E-state index contributed by atoms with van der Waals surface area (Å²) >= 11 is 0. The van der Waals surface area contributed by atoms with Crippen molar-refractivity contribution < 1.29 is 24.3 Å². The number of halogens is 1. The zero-order valence-electron chi connectivity index (χ0n) is 15.0. The summed E-state index contributed by atoms with van der Waals surface area (Å²) in [5.41, 5.74) is -1.02. The standard InChI is InChI=1S/C18H25FN2O5/c1-11(22)17-14(21(25)26)8-7-13(19)18(17)15(23)9-10-16(24)20(2)12-5-3-4-6-12/h7-8,11-12,15,22-23H,3-6,9-10H2,1-2H3. The fourth-order valence-electron chi connectivity index (χ4n) is 3.61. The number of benzene rings is 1. The summed E-state index contributed by atoms with van der Waals surface area (Å²) < 4.78 is 14.2. The molecule has 1 fully saturated rings. The normalized spacial score (nSPS) is 17.1. The van der Waals surface area contributed by atoms with Crippen molar-refractivity contribution in [3.8, 4) is 0 Å². The average molecular weight is 368 g/mol. The van der Waals surface area contributed by atoms with E-state index < -0.39 is 28.6 Å². The summed E-state index contributed by atoms with van der Waals surface area (Å²) in [5, 5.41) is 31.4. The van der Waals surface area contributed by atoms with Crippen molar-refractivity contribution in [3.05, 3.63) is 39.2 Å². The lowest BCUT2D eigenvalue weighted by molar-refractivity contribution is -0.386. The molecule has 1 aliphatic rings. The molecule has 2 atom stereocenters. The minimum atomic E-state index is -1.42. The second kappa shape index (κ2) is 8.55. The smallest absolute Gasteiger partial charge is 0.275 e. The van der Waals surface area contributed by atoms with Crippen molar-refractivity contribution in [2.45, 2.75) is 63.7 Å². The van der Waals surface area contributed by atoms with Crippen LogP contribution in [0.25, 0.3) is 0 Å². The predicted molar refractivity (Wildman–Crippen MR) is 92.9 cm³/mol. The third-order valence-electron chi connectivity index (χ3n) is 5.06. The second-order valence-electron chi connectivity index (χ2n) is 6.82. The Morgan fingerprint density at radius 1 is 1.35 bits per heavy atom. The van der Waals surface area contributed by atoms with Crippen LogP contribution in [0.3, 0.4) is 0 Å². The molecule has 0 spiro atoms. The molecule has 1 saturated carbocycles. The Labute approximate surface area is 151 Å². The highest BCUT2D eigenvalue weighted by Crippen LogP contribution is 2.36. The Morgan fingerprint density at radius 2 is 1.96 bits per heavy atom. The van der Waals surface area contributed by atoms with E-state index in [-0.39, 0.29) is 35.9 Å². The molecule has 0 bridgehead atoms. The van der Waals surface area contributed by atoms with Crippen LogP contribution in [0, 0.1) is 15.9 Å². The molecule has 1 aromatic rings. The number of nitro benzene ring substituents is 1. The lowest BCUT2D eigenvalue weighted by atomic mass is 9.94. The lowest BCUT2D eigenvalue weighted by Gasteiger charge is -2.25. The number of hydrogen-bond donors (Lipinski definition) is 2. The maximum atomic E-state index is 14.2. The van der Waals surface area contributed by atoms with E-state index >= 15 is 0 Å². The molecular formula is C18H25FN2O5. The van der Waals surface area contributed by atoms with Crippen molar-refractivity contribution in [1.82, 2.24) is 4.90 Å². The van der Waals surface area contributed by atoms with Crippen LogP contribution >= 0.6 is 0 Å². The zero-order chi connectivity index (χ0) is 19.4. The van der Waals surface area contributed by atoms with Gasteiger partial charge in [0.15, 0.2) is 0 Å². The molecule has 26 heavy (non-hydrogen) atoms. The van der Waals surface area contributed by atoms with E-state index in [9.17, 15) is 29.5 Å². The molecule has 0 radical (unpaired) electrons. The number of carbonyl (C=O) groups excluding carboxylic acids is 1. The molecule has 0 heterocycles. The number of carbonyl (C=O) groups is 1. The van der Waals surface area contributed by atoms with Gasteiger partial charge in [-0.2, -0.15) is 0 Å². The third kappa shape index (κ3) is 4.37. The summed E-state index contributed by atoms with van der Waals surface area (Å²) in [6.45, 7) is 1.27. The third-order valence-corrected chi connectivity index (χ3v) is 5.06. The Balaban J connectivity index is 2.16. The quantitative estimate of drug-likeness (QED) is 0.569. The molecule has 1 aliphatic carbocycles. The SMILES string of the molecule is CC(O)c1c([N+](=O)[O-])ccc(F)c1C(O)CCC(=O)N(C)C1CCCC1. The molecule has 1 aromatic carbocycles. The van der Waals surface area contributed by atoms with Crippen molar-refractivity contribution in [3.63, 3.8) is 0 Å². The molecule has 0 saturated heterocycles. The van der Waals surface area contributed by atoms with Gasteiger partial charge in [-0.25, -0.2) is 4.39 Å². The highest BCUT2D eigenvalue weighted by Gasteiger charge is 2.29. The van der Waals surface area contributed by atoms with Crippen LogP contribution in [0.4, 0.5) is 10.1 Å². The fraction of sp³-hybridized carbons (Fsp3) is 0.611. The van der Waals surface area contributed by atoms with E-state index in [1.807, 2.05) is 0 Å². The fourth-order valence-corrected chi connectivity index (χ4v) is 3.61. The van der Waals surface area contributed by atoms with Gasteiger partial charge in [0.1, 0.15) is 5.82 Å². The van der Waals surface area contributed by atoms with Crippen molar-refractivity contribution >= 4 is 11.6 Å². The Morgan fingerprint density at radius 3 is 2.50 bits per heavy atom. The van der Waals surface area contributed by atoms with Crippen molar-refractivity contribution in [1.29, 1.82) is 0 Å². The van der Waals surface area contributed by atoms with Gasteiger partial charge >= 0.3 is 0 Å². The van der Waals surface area contributed by atoms with Gasteiger partial charge < -0.3 is 15.1 Å². The van der Waals surface area contributed by atoms with Gasteiger partial charge in [0.25, 0.3) is 5.69 Å². The molecule has 7 nitrogen and oxygen atoms in total. The molecule has 2 N–H and O–H groups in total. The zero-order valence-corrected chi connectivity index (χ0v) is 15.0. The second-order valence-corrected chi connectivity index (χ2v) is 6.82. The number of amides is 1. The Kier molecular flexibility index (Phi) is 6.66. The Hall–Kier alpha value is -2.06. The minimum absolute atomic E-state index is 0.00442. The van der Waals surface area contributed by atoms with Crippen LogP contribution in [0.15, 0.2) is 12.1 Å². The summed E-state index contributed by atoms with van der Waals surface area (Å²) in [4.78, 5) is 24.4. The summed E-state index contributed by atoms with van der Waals surface area (Å²) in [5.74, 6) is -0.990. The van der Waals surface area contributed by atoms with Crippen LogP contribution < -0.4 is 0 Å². The summed E-state index contributed by atoms with van der Waals surface area (Å²) in [6.07, 6.45) is 1.26. The van der Waals surface area contributed by atoms with Crippen LogP contribution in [0.2, 0.25) is 0 Å². The van der Waals surface area contributed by atoms with Gasteiger partial charge in [-0.1, -0.05) is 12.8 Å². The predicted octanol–water partition coefficient (Wildman–Crippen LogP) is 3.00. The van der Waals surface area contributed by atoms with E-state index in [0.29, 0.717) is 0 Å². The number of nitrogens with zero attached hydrogens (tertiary/aromatic N) is 2. The molecule has 8 heteroatoms. The largest absolute Gasteiger partial charge is 0.388 e. The first-order chi connectivity index (χ1) is 12.2. The van der Waals surface area contributed by atoms with Crippen LogP contribution in [0.1, 0.15) is 68.8 Å². The molecule has 144 valence electrons. The molecular weight excluding hydrogens is 343 g/mol. The van der Waals surface area contributed by atoms with E-state index in [4.69, 9.17) is 0 Å². The molecule has 0 aliphatic heterocycles.